The summed E-state index contributed by atoms with van der Waals surface area (Å²) in [6.07, 6.45) is 0.613. The molecule has 0 saturated carbocycles. The third-order valence-electron chi connectivity index (χ3n) is 2.57. The summed E-state index contributed by atoms with van der Waals surface area (Å²) in [5, 5.41) is 17.6. The number of carbonyl (C=O) groups is 1. The van der Waals surface area contributed by atoms with Crippen molar-refractivity contribution in [1.29, 1.82) is 0 Å². The largest absolute Gasteiger partial charge is 0.481 e. The van der Waals surface area contributed by atoms with Crippen LogP contribution in [0.3, 0.4) is 0 Å². The molecule has 100 valence electrons. The lowest BCUT2D eigenvalue weighted by Crippen LogP contribution is -2.19. The minimum atomic E-state index is -0.924. The van der Waals surface area contributed by atoms with Crippen molar-refractivity contribution in [3.63, 3.8) is 0 Å². The van der Waals surface area contributed by atoms with E-state index < -0.39 is 11.9 Å². The second-order valence-corrected chi connectivity index (χ2v) is 3.99. The highest BCUT2D eigenvalue weighted by molar-refractivity contribution is 5.70. The van der Waals surface area contributed by atoms with Crippen LogP contribution in [0.15, 0.2) is 24.3 Å². The minimum Gasteiger partial charge on any atom is -0.481 e. The number of carboxylic acids is 1. The predicted octanol–water partition coefficient (Wildman–Crippen LogP) is 1.47. The number of aliphatic hydroxyl groups is 1. The topological polar surface area (TPSA) is 66.8 Å². The summed E-state index contributed by atoms with van der Waals surface area (Å²) in [7, 11) is 0. The van der Waals surface area contributed by atoms with E-state index in [1.165, 1.54) is 12.1 Å². The van der Waals surface area contributed by atoms with Crippen molar-refractivity contribution < 1.29 is 24.1 Å². The van der Waals surface area contributed by atoms with Crippen LogP contribution in [0.5, 0.6) is 0 Å². The Morgan fingerprint density at radius 3 is 2.78 bits per heavy atom. The van der Waals surface area contributed by atoms with Crippen LogP contribution in [0, 0.1) is 11.7 Å². The molecule has 5 heteroatoms. The number of ether oxygens (including phenoxy) is 1. The number of benzene rings is 1. The zero-order valence-corrected chi connectivity index (χ0v) is 10.0. The van der Waals surface area contributed by atoms with Gasteiger partial charge in [0, 0.05) is 6.61 Å². The molecule has 0 heterocycles. The number of hydrogen-bond acceptors (Lipinski definition) is 3. The maximum absolute atomic E-state index is 13.0. The van der Waals surface area contributed by atoms with Crippen LogP contribution in [0.25, 0.3) is 0 Å². The Morgan fingerprint density at radius 1 is 1.39 bits per heavy atom. The standard InChI is InChI=1S/C13H17FO4/c14-12-3-1-2-10(9-12)8-11(13(16)17)4-6-18-7-5-15/h1-3,9,11,15H,4-8H2,(H,16,17). The van der Waals surface area contributed by atoms with Gasteiger partial charge in [0.2, 0.25) is 0 Å². The van der Waals surface area contributed by atoms with E-state index in [1.54, 1.807) is 12.1 Å². The van der Waals surface area contributed by atoms with Gasteiger partial charge in [0.05, 0.1) is 19.1 Å². The van der Waals surface area contributed by atoms with E-state index in [4.69, 9.17) is 14.9 Å². The molecule has 18 heavy (non-hydrogen) atoms. The molecule has 0 aliphatic heterocycles. The Labute approximate surface area is 105 Å². The lowest BCUT2D eigenvalue weighted by Gasteiger charge is -2.12. The lowest BCUT2D eigenvalue weighted by molar-refractivity contribution is -0.142. The SMILES string of the molecule is O=C(O)C(CCOCCO)Cc1cccc(F)c1. The third kappa shape index (κ3) is 5.25. The molecule has 0 fully saturated rings. The van der Waals surface area contributed by atoms with Crippen LogP contribution >= 0.6 is 0 Å². The fourth-order valence-electron chi connectivity index (χ4n) is 1.65. The first-order valence-electron chi connectivity index (χ1n) is 5.79. The maximum Gasteiger partial charge on any atom is 0.306 e. The Hall–Kier alpha value is -1.46. The van der Waals surface area contributed by atoms with Crippen LogP contribution < -0.4 is 0 Å². The van der Waals surface area contributed by atoms with E-state index in [2.05, 4.69) is 0 Å². The summed E-state index contributed by atoms with van der Waals surface area (Å²) < 4.78 is 18.0. The molecule has 1 unspecified atom stereocenters. The number of hydrogen-bond donors (Lipinski definition) is 2. The summed E-state index contributed by atoms with van der Waals surface area (Å²) in [4.78, 5) is 11.1. The maximum atomic E-state index is 13.0. The average Bonchev–Trinajstić information content (AvgIpc) is 2.33. The van der Waals surface area contributed by atoms with Crippen LogP contribution in [0.1, 0.15) is 12.0 Å². The Balaban J connectivity index is 2.50. The molecular weight excluding hydrogens is 239 g/mol. The lowest BCUT2D eigenvalue weighted by atomic mass is 9.96. The minimum absolute atomic E-state index is 0.0817. The van der Waals surface area contributed by atoms with Gasteiger partial charge in [-0.3, -0.25) is 4.79 Å². The van der Waals surface area contributed by atoms with Gasteiger partial charge in [-0.1, -0.05) is 12.1 Å². The Bertz CT molecular complexity index is 381. The molecule has 0 saturated heterocycles. The number of aliphatic hydroxyl groups excluding tert-OH is 1. The Kier molecular flexibility index (Phi) is 6.32. The molecule has 0 bridgehead atoms. The molecule has 0 spiro atoms. The molecular formula is C13H17FO4. The van der Waals surface area contributed by atoms with Crippen molar-refractivity contribution >= 4 is 5.97 Å². The average molecular weight is 256 g/mol. The van der Waals surface area contributed by atoms with Crippen LogP contribution in [0.2, 0.25) is 0 Å². The molecule has 1 aromatic rings. The van der Waals surface area contributed by atoms with E-state index in [0.717, 1.165) is 0 Å². The first kappa shape index (κ1) is 14.6. The number of rotatable bonds is 8. The molecule has 0 aliphatic carbocycles. The summed E-state index contributed by atoms with van der Waals surface area (Å²) in [5.74, 6) is -1.90. The first-order chi connectivity index (χ1) is 8.63. The summed E-state index contributed by atoms with van der Waals surface area (Å²) in [6.45, 7) is 0.390. The normalized spacial score (nSPS) is 12.3. The second-order valence-electron chi connectivity index (χ2n) is 3.99. The van der Waals surface area contributed by atoms with Crippen LogP contribution in [0.4, 0.5) is 4.39 Å². The smallest absolute Gasteiger partial charge is 0.306 e. The highest BCUT2D eigenvalue weighted by Crippen LogP contribution is 2.14. The zero-order chi connectivity index (χ0) is 13.4. The monoisotopic (exact) mass is 256 g/mol. The van der Waals surface area contributed by atoms with Gasteiger partial charge in [-0.2, -0.15) is 0 Å². The molecule has 1 aromatic carbocycles. The van der Waals surface area contributed by atoms with Crippen molar-refractivity contribution in [3.05, 3.63) is 35.6 Å². The van der Waals surface area contributed by atoms with E-state index in [-0.39, 0.29) is 32.1 Å². The highest BCUT2D eigenvalue weighted by atomic mass is 19.1. The number of aliphatic carboxylic acids is 1. The summed E-state index contributed by atoms with van der Waals surface area (Å²) >= 11 is 0. The predicted molar refractivity (Wildman–Crippen MR) is 63.8 cm³/mol. The summed E-state index contributed by atoms with van der Waals surface area (Å²) in [5.41, 5.74) is 0.657. The molecule has 4 nitrogen and oxygen atoms in total. The molecule has 0 aromatic heterocycles. The molecule has 0 amide bonds. The fraction of sp³-hybridized carbons (Fsp3) is 0.462. The number of carboxylic acid groups (broad SMARTS) is 1. The van der Waals surface area contributed by atoms with Gasteiger partial charge in [0.1, 0.15) is 5.82 Å². The van der Waals surface area contributed by atoms with Crippen molar-refractivity contribution in [1.82, 2.24) is 0 Å². The van der Waals surface area contributed by atoms with Gasteiger partial charge in [0.25, 0.3) is 0 Å². The van der Waals surface area contributed by atoms with Gasteiger partial charge in [0.15, 0.2) is 0 Å². The molecule has 0 radical (unpaired) electrons. The third-order valence-corrected chi connectivity index (χ3v) is 2.57. The van der Waals surface area contributed by atoms with Crippen molar-refractivity contribution in [3.8, 4) is 0 Å². The van der Waals surface area contributed by atoms with Gasteiger partial charge in [-0.05, 0) is 30.5 Å². The zero-order valence-electron chi connectivity index (χ0n) is 10.0. The van der Waals surface area contributed by atoms with Crippen molar-refractivity contribution in [2.75, 3.05) is 19.8 Å². The Morgan fingerprint density at radius 2 is 2.17 bits per heavy atom. The first-order valence-corrected chi connectivity index (χ1v) is 5.79. The summed E-state index contributed by atoms with van der Waals surface area (Å²) in [6, 6.07) is 5.92. The van der Waals surface area contributed by atoms with Crippen LogP contribution in [-0.4, -0.2) is 36.0 Å². The van der Waals surface area contributed by atoms with Gasteiger partial charge < -0.3 is 14.9 Å². The van der Waals surface area contributed by atoms with E-state index in [1.807, 2.05) is 0 Å². The van der Waals surface area contributed by atoms with Gasteiger partial charge >= 0.3 is 5.97 Å². The van der Waals surface area contributed by atoms with Crippen LogP contribution in [-0.2, 0) is 16.0 Å². The van der Waals surface area contributed by atoms with Crippen molar-refractivity contribution in [2.45, 2.75) is 12.8 Å². The number of halogens is 1. The van der Waals surface area contributed by atoms with E-state index in [9.17, 15) is 9.18 Å². The fourth-order valence-corrected chi connectivity index (χ4v) is 1.65. The quantitative estimate of drug-likeness (QED) is 0.691. The molecule has 1 atom stereocenters. The molecule has 2 N–H and O–H groups in total. The highest BCUT2D eigenvalue weighted by Gasteiger charge is 2.18. The van der Waals surface area contributed by atoms with E-state index in [0.29, 0.717) is 12.0 Å². The van der Waals surface area contributed by atoms with Gasteiger partial charge in [-0.25, -0.2) is 4.39 Å². The molecule has 0 aliphatic rings. The van der Waals surface area contributed by atoms with Gasteiger partial charge in [-0.15, -0.1) is 0 Å². The second kappa shape index (κ2) is 7.79. The molecule has 1 rings (SSSR count). The van der Waals surface area contributed by atoms with E-state index >= 15 is 0 Å². The van der Waals surface area contributed by atoms with Crippen molar-refractivity contribution in [2.24, 2.45) is 5.92 Å².